The Balaban J connectivity index is 2.69. The second-order valence-electron chi connectivity index (χ2n) is 2.84. The third-order valence-electron chi connectivity index (χ3n) is 1.71. The topological polar surface area (TPSA) is 24.1 Å². The smallest absolute Gasteiger partial charge is 0.0454 e. The standard InChI is InChI=1S/C8H22N2Si/c1-3-6-11-7-5-10-8-9-4-2/h9-10H,3-8,11H2,1-2H3. The van der Waals surface area contributed by atoms with E-state index < -0.39 is 0 Å². The van der Waals surface area contributed by atoms with Crippen molar-refractivity contribution in [3.63, 3.8) is 0 Å². The zero-order chi connectivity index (χ0) is 8.36. The highest BCUT2D eigenvalue weighted by Gasteiger charge is 1.87. The Morgan fingerprint density at radius 3 is 2.55 bits per heavy atom. The summed E-state index contributed by atoms with van der Waals surface area (Å²) in [6.07, 6.45) is 1.39. The summed E-state index contributed by atoms with van der Waals surface area (Å²) in [5.41, 5.74) is 0. The van der Waals surface area contributed by atoms with Crippen LogP contribution in [0.15, 0.2) is 0 Å². The number of hydrogen-bond donors (Lipinski definition) is 2. The van der Waals surface area contributed by atoms with Crippen molar-refractivity contribution < 1.29 is 0 Å². The van der Waals surface area contributed by atoms with Gasteiger partial charge in [-0.3, -0.25) is 0 Å². The number of nitrogens with one attached hydrogen (secondary N) is 2. The van der Waals surface area contributed by atoms with E-state index >= 15 is 0 Å². The van der Waals surface area contributed by atoms with Crippen LogP contribution in [-0.2, 0) is 0 Å². The number of rotatable bonds is 8. The van der Waals surface area contributed by atoms with Crippen LogP contribution in [-0.4, -0.2) is 29.3 Å². The fraction of sp³-hybridized carbons (Fsp3) is 1.00. The summed E-state index contributed by atoms with van der Waals surface area (Å²) in [5.74, 6) is 0. The van der Waals surface area contributed by atoms with E-state index in [0.29, 0.717) is 0 Å². The van der Waals surface area contributed by atoms with E-state index in [2.05, 4.69) is 24.5 Å². The first-order valence-electron chi connectivity index (χ1n) is 4.83. The van der Waals surface area contributed by atoms with Crippen molar-refractivity contribution in [3.8, 4) is 0 Å². The molecular formula is C8H22N2Si. The predicted molar refractivity (Wildman–Crippen MR) is 55.0 cm³/mol. The van der Waals surface area contributed by atoms with Crippen molar-refractivity contribution in [2.45, 2.75) is 32.4 Å². The molecule has 0 spiro atoms. The highest BCUT2D eigenvalue weighted by atomic mass is 28.2. The highest BCUT2D eigenvalue weighted by Crippen LogP contribution is 1.88. The molecule has 0 saturated heterocycles. The van der Waals surface area contributed by atoms with Crippen LogP contribution < -0.4 is 10.6 Å². The molecule has 2 nitrogen and oxygen atoms in total. The lowest BCUT2D eigenvalue weighted by Gasteiger charge is -2.03. The van der Waals surface area contributed by atoms with E-state index in [0.717, 1.165) is 13.2 Å². The Kier molecular flexibility index (Phi) is 10.3. The second kappa shape index (κ2) is 10.1. The van der Waals surface area contributed by atoms with Gasteiger partial charge in [0, 0.05) is 16.2 Å². The van der Waals surface area contributed by atoms with E-state index in [1.165, 1.54) is 25.1 Å². The van der Waals surface area contributed by atoms with Crippen molar-refractivity contribution in [1.29, 1.82) is 0 Å². The maximum absolute atomic E-state index is 3.37. The fourth-order valence-electron chi connectivity index (χ4n) is 0.979. The van der Waals surface area contributed by atoms with Crippen LogP contribution in [0.5, 0.6) is 0 Å². The molecule has 0 aromatic rings. The summed E-state index contributed by atoms with van der Waals surface area (Å²) in [6, 6.07) is 2.97. The van der Waals surface area contributed by atoms with Crippen molar-refractivity contribution >= 4 is 9.52 Å². The molecule has 0 bridgehead atoms. The van der Waals surface area contributed by atoms with Crippen molar-refractivity contribution in [1.82, 2.24) is 10.6 Å². The van der Waals surface area contributed by atoms with Gasteiger partial charge in [-0.1, -0.05) is 32.4 Å². The maximum Gasteiger partial charge on any atom is 0.0454 e. The van der Waals surface area contributed by atoms with Gasteiger partial charge in [0.2, 0.25) is 0 Å². The summed E-state index contributed by atoms with van der Waals surface area (Å²) >= 11 is 0. The van der Waals surface area contributed by atoms with Gasteiger partial charge in [-0.15, -0.1) is 0 Å². The first-order valence-corrected chi connectivity index (χ1v) is 6.83. The van der Waals surface area contributed by atoms with E-state index in [-0.39, 0.29) is 9.52 Å². The molecule has 0 amide bonds. The van der Waals surface area contributed by atoms with Crippen molar-refractivity contribution in [3.05, 3.63) is 0 Å². The monoisotopic (exact) mass is 174 g/mol. The van der Waals surface area contributed by atoms with Gasteiger partial charge in [0.25, 0.3) is 0 Å². The molecule has 0 fully saturated rings. The normalized spacial score (nSPS) is 11.5. The van der Waals surface area contributed by atoms with Crippen LogP contribution in [0.2, 0.25) is 12.1 Å². The molecular weight excluding hydrogens is 152 g/mol. The molecule has 0 aromatic heterocycles. The van der Waals surface area contributed by atoms with Crippen molar-refractivity contribution in [2.24, 2.45) is 0 Å². The van der Waals surface area contributed by atoms with E-state index in [1.807, 2.05) is 0 Å². The molecule has 0 aliphatic heterocycles. The molecule has 2 N–H and O–H groups in total. The maximum atomic E-state index is 3.37. The van der Waals surface area contributed by atoms with Gasteiger partial charge in [-0.05, 0) is 13.1 Å². The minimum Gasteiger partial charge on any atom is -0.305 e. The molecule has 0 unspecified atom stereocenters. The van der Waals surface area contributed by atoms with Crippen molar-refractivity contribution in [2.75, 3.05) is 19.8 Å². The molecule has 0 radical (unpaired) electrons. The summed E-state index contributed by atoms with van der Waals surface area (Å²) in [4.78, 5) is 0. The molecule has 3 heteroatoms. The van der Waals surface area contributed by atoms with Crippen LogP contribution >= 0.6 is 0 Å². The molecule has 0 saturated carbocycles. The van der Waals surface area contributed by atoms with E-state index in [9.17, 15) is 0 Å². The summed E-state index contributed by atoms with van der Waals surface area (Å²) in [6.45, 7) is 7.68. The molecule has 11 heavy (non-hydrogen) atoms. The molecule has 0 heterocycles. The predicted octanol–water partition coefficient (Wildman–Crippen LogP) is 0.558. The molecule has 0 aromatic carbocycles. The van der Waals surface area contributed by atoms with Gasteiger partial charge >= 0.3 is 0 Å². The van der Waals surface area contributed by atoms with Gasteiger partial charge in [-0.25, -0.2) is 0 Å². The van der Waals surface area contributed by atoms with Crippen LogP contribution in [0, 0.1) is 0 Å². The first-order chi connectivity index (χ1) is 5.41. The molecule has 0 rings (SSSR count). The minimum absolute atomic E-state index is 0.287. The van der Waals surface area contributed by atoms with Gasteiger partial charge < -0.3 is 10.6 Å². The largest absolute Gasteiger partial charge is 0.305 e. The molecule has 0 aliphatic rings. The SMILES string of the molecule is CCC[SiH2]CCNCNCC. The van der Waals surface area contributed by atoms with Crippen LogP contribution in [0.4, 0.5) is 0 Å². The lowest BCUT2D eigenvalue weighted by Crippen LogP contribution is -2.29. The van der Waals surface area contributed by atoms with Crippen LogP contribution in [0.3, 0.4) is 0 Å². The summed E-state index contributed by atoms with van der Waals surface area (Å²) in [5, 5.41) is 6.61. The Labute approximate surface area is 73.0 Å². The Hall–Kier alpha value is 0.137. The average molecular weight is 174 g/mol. The van der Waals surface area contributed by atoms with Gasteiger partial charge in [0.1, 0.15) is 0 Å². The zero-order valence-electron chi connectivity index (χ0n) is 7.95. The third-order valence-corrected chi connectivity index (χ3v) is 3.77. The Morgan fingerprint density at radius 2 is 1.91 bits per heavy atom. The Morgan fingerprint density at radius 1 is 1.09 bits per heavy atom. The van der Waals surface area contributed by atoms with Gasteiger partial charge in [0.05, 0.1) is 0 Å². The highest BCUT2D eigenvalue weighted by molar-refractivity contribution is 6.35. The molecule has 68 valence electrons. The van der Waals surface area contributed by atoms with Gasteiger partial charge in [0.15, 0.2) is 0 Å². The lowest BCUT2D eigenvalue weighted by atomic mass is 10.6. The zero-order valence-corrected chi connectivity index (χ0v) is 9.36. The van der Waals surface area contributed by atoms with Crippen LogP contribution in [0.25, 0.3) is 0 Å². The molecule has 0 aliphatic carbocycles. The lowest BCUT2D eigenvalue weighted by molar-refractivity contribution is 0.615. The average Bonchev–Trinajstić information content (AvgIpc) is 2.03. The van der Waals surface area contributed by atoms with E-state index in [1.54, 1.807) is 0 Å². The molecule has 0 atom stereocenters. The minimum atomic E-state index is 0.287. The second-order valence-corrected chi connectivity index (χ2v) is 4.96. The number of hydrogen-bond acceptors (Lipinski definition) is 2. The Bertz CT molecular complexity index is 61.1. The first kappa shape index (κ1) is 11.1. The quantitative estimate of drug-likeness (QED) is 0.319. The summed E-state index contributed by atoms with van der Waals surface area (Å²) in [7, 11) is 0.287. The summed E-state index contributed by atoms with van der Waals surface area (Å²) < 4.78 is 0. The fourth-order valence-corrected chi connectivity index (χ4v) is 2.33. The van der Waals surface area contributed by atoms with E-state index in [4.69, 9.17) is 0 Å². The van der Waals surface area contributed by atoms with Crippen LogP contribution in [0.1, 0.15) is 20.3 Å². The third kappa shape index (κ3) is 10.1. The van der Waals surface area contributed by atoms with Gasteiger partial charge in [-0.2, -0.15) is 0 Å².